The average molecular weight is 523 g/mol. The Labute approximate surface area is 178 Å². The number of aryl methyl sites for hydroxylation is 1. The second-order valence-corrected chi connectivity index (χ2v) is 7.44. The van der Waals surface area contributed by atoms with E-state index in [9.17, 15) is 0 Å². The summed E-state index contributed by atoms with van der Waals surface area (Å²) in [4.78, 5) is 7.35. The van der Waals surface area contributed by atoms with Gasteiger partial charge in [0.05, 0.1) is 6.54 Å². The van der Waals surface area contributed by atoms with Crippen molar-refractivity contribution in [2.45, 2.75) is 52.6 Å². The molecule has 6 heteroatoms. The number of halogens is 2. The zero-order valence-electron chi connectivity index (χ0n) is 15.6. The van der Waals surface area contributed by atoms with Crippen LogP contribution in [0.15, 0.2) is 27.7 Å². The maximum Gasteiger partial charge on any atom is 0.191 e. The molecule has 0 unspecified atom stereocenters. The number of aliphatic imine (C=N–C) groups is 1. The molecule has 2 N–H and O–H groups in total. The highest BCUT2D eigenvalue weighted by Crippen LogP contribution is 2.16. The largest absolute Gasteiger partial charge is 0.357 e. The molecule has 1 aliphatic heterocycles. The molecule has 0 aromatic heterocycles. The highest BCUT2D eigenvalue weighted by molar-refractivity contribution is 14.0. The third-order valence-corrected chi connectivity index (χ3v) is 5.02. The minimum absolute atomic E-state index is 0. The van der Waals surface area contributed by atoms with E-state index in [0.29, 0.717) is 12.6 Å². The van der Waals surface area contributed by atoms with Crippen LogP contribution in [-0.2, 0) is 6.54 Å². The molecule has 1 aliphatic rings. The van der Waals surface area contributed by atoms with Crippen LogP contribution in [0.5, 0.6) is 0 Å². The lowest BCUT2D eigenvalue weighted by atomic mass is 10.1. The van der Waals surface area contributed by atoms with Crippen LogP contribution in [0.4, 0.5) is 0 Å². The van der Waals surface area contributed by atoms with Gasteiger partial charge in [-0.1, -0.05) is 28.9 Å². The summed E-state index contributed by atoms with van der Waals surface area (Å²) >= 11 is 3.52. The molecule has 1 heterocycles. The molecule has 25 heavy (non-hydrogen) atoms. The Morgan fingerprint density at radius 3 is 2.60 bits per heavy atom. The maximum absolute atomic E-state index is 4.79. The fourth-order valence-corrected chi connectivity index (χ4v) is 3.61. The summed E-state index contributed by atoms with van der Waals surface area (Å²) in [7, 11) is 0. The SMILES string of the molecule is CCCN1CCC(NC(=NCc2ccc(Br)cc2C)NCC)CC1.I. The second kappa shape index (κ2) is 12.1. The summed E-state index contributed by atoms with van der Waals surface area (Å²) in [6, 6.07) is 6.91. The number of likely N-dealkylation sites (tertiary alicyclic amines) is 1. The van der Waals surface area contributed by atoms with Crippen molar-refractivity contribution in [2.75, 3.05) is 26.2 Å². The smallest absolute Gasteiger partial charge is 0.191 e. The molecule has 0 saturated carbocycles. The lowest BCUT2D eigenvalue weighted by Crippen LogP contribution is -2.48. The van der Waals surface area contributed by atoms with Gasteiger partial charge in [0.2, 0.25) is 0 Å². The molecular formula is C19H32BrIN4. The molecular weight excluding hydrogens is 491 g/mol. The number of piperidine rings is 1. The van der Waals surface area contributed by atoms with Crippen molar-refractivity contribution in [2.24, 2.45) is 4.99 Å². The van der Waals surface area contributed by atoms with Crippen LogP contribution in [0.1, 0.15) is 44.2 Å². The minimum Gasteiger partial charge on any atom is -0.357 e. The van der Waals surface area contributed by atoms with Crippen molar-refractivity contribution in [3.8, 4) is 0 Å². The summed E-state index contributed by atoms with van der Waals surface area (Å²) in [5.74, 6) is 0.939. The van der Waals surface area contributed by atoms with Gasteiger partial charge in [-0.3, -0.25) is 0 Å². The molecule has 0 amide bonds. The van der Waals surface area contributed by atoms with Gasteiger partial charge in [-0.2, -0.15) is 0 Å². The third kappa shape index (κ3) is 7.83. The predicted octanol–water partition coefficient (Wildman–Crippen LogP) is 4.31. The summed E-state index contributed by atoms with van der Waals surface area (Å²) in [6.07, 6.45) is 3.64. The summed E-state index contributed by atoms with van der Waals surface area (Å²) < 4.78 is 1.12. The van der Waals surface area contributed by atoms with Gasteiger partial charge in [0.1, 0.15) is 0 Å². The van der Waals surface area contributed by atoms with Crippen LogP contribution < -0.4 is 10.6 Å². The molecule has 4 nitrogen and oxygen atoms in total. The first-order chi connectivity index (χ1) is 11.6. The number of guanidine groups is 1. The first-order valence-corrected chi connectivity index (χ1v) is 9.94. The fourth-order valence-electron chi connectivity index (χ4n) is 3.13. The highest BCUT2D eigenvalue weighted by Gasteiger charge is 2.19. The van der Waals surface area contributed by atoms with Crippen LogP contribution in [-0.4, -0.2) is 43.1 Å². The van der Waals surface area contributed by atoms with Crippen LogP contribution >= 0.6 is 39.9 Å². The van der Waals surface area contributed by atoms with E-state index in [1.165, 1.54) is 50.0 Å². The van der Waals surface area contributed by atoms with Gasteiger partial charge < -0.3 is 15.5 Å². The monoisotopic (exact) mass is 522 g/mol. The van der Waals surface area contributed by atoms with Gasteiger partial charge in [0.25, 0.3) is 0 Å². The Balaban J connectivity index is 0.00000312. The summed E-state index contributed by atoms with van der Waals surface area (Å²) in [6.45, 7) is 11.7. The lowest BCUT2D eigenvalue weighted by molar-refractivity contribution is 0.206. The Morgan fingerprint density at radius 2 is 2.00 bits per heavy atom. The lowest BCUT2D eigenvalue weighted by Gasteiger charge is -2.32. The fraction of sp³-hybridized carbons (Fsp3) is 0.632. The van der Waals surface area contributed by atoms with E-state index < -0.39 is 0 Å². The Morgan fingerprint density at radius 1 is 1.28 bits per heavy atom. The molecule has 1 aromatic carbocycles. The normalized spacial score (nSPS) is 16.4. The Hall–Kier alpha value is -0.340. The highest BCUT2D eigenvalue weighted by atomic mass is 127. The van der Waals surface area contributed by atoms with Gasteiger partial charge in [-0.25, -0.2) is 4.99 Å². The van der Waals surface area contributed by atoms with Gasteiger partial charge >= 0.3 is 0 Å². The Kier molecular flexibility index (Phi) is 11.0. The second-order valence-electron chi connectivity index (χ2n) is 6.53. The number of hydrogen-bond donors (Lipinski definition) is 2. The molecule has 0 spiro atoms. The average Bonchev–Trinajstić information content (AvgIpc) is 2.56. The van der Waals surface area contributed by atoms with Crippen molar-refractivity contribution >= 4 is 45.9 Å². The number of nitrogens with zero attached hydrogens (tertiary/aromatic N) is 2. The van der Waals surface area contributed by atoms with Crippen LogP contribution in [0.25, 0.3) is 0 Å². The van der Waals surface area contributed by atoms with E-state index in [2.05, 4.69) is 70.4 Å². The van der Waals surface area contributed by atoms with Gasteiger partial charge in [-0.15, -0.1) is 24.0 Å². The molecule has 0 atom stereocenters. The van der Waals surface area contributed by atoms with Crippen LogP contribution in [0.2, 0.25) is 0 Å². The molecule has 142 valence electrons. The molecule has 1 aromatic rings. The molecule has 0 bridgehead atoms. The standard InChI is InChI=1S/C19H31BrN4.HI/c1-4-10-24-11-8-18(9-12-24)23-19(21-5-2)22-14-16-6-7-17(20)13-15(16)3;/h6-7,13,18H,4-5,8-12,14H2,1-3H3,(H2,21,22,23);1H. The number of hydrogen-bond acceptors (Lipinski definition) is 2. The number of nitrogens with one attached hydrogen (secondary N) is 2. The number of rotatable bonds is 6. The Bertz CT molecular complexity index is 542. The zero-order valence-corrected chi connectivity index (χ0v) is 19.6. The van der Waals surface area contributed by atoms with E-state index in [4.69, 9.17) is 4.99 Å². The van der Waals surface area contributed by atoms with E-state index in [1.807, 2.05) is 0 Å². The molecule has 2 rings (SSSR count). The topological polar surface area (TPSA) is 39.7 Å². The van der Waals surface area contributed by atoms with Gasteiger partial charge in [-0.05, 0) is 62.9 Å². The number of benzene rings is 1. The van der Waals surface area contributed by atoms with Gasteiger partial charge in [0, 0.05) is 30.1 Å². The van der Waals surface area contributed by atoms with Crippen molar-refractivity contribution in [3.63, 3.8) is 0 Å². The van der Waals surface area contributed by atoms with Crippen molar-refractivity contribution < 1.29 is 0 Å². The van der Waals surface area contributed by atoms with Crippen LogP contribution in [0.3, 0.4) is 0 Å². The molecule has 1 saturated heterocycles. The first kappa shape index (κ1) is 22.7. The zero-order chi connectivity index (χ0) is 17.4. The van der Waals surface area contributed by atoms with Crippen molar-refractivity contribution in [1.82, 2.24) is 15.5 Å². The van der Waals surface area contributed by atoms with E-state index in [-0.39, 0.29) is 24.0 Å². The minimum atomic E-state index is 0. The summed E-state index contributed by atoms with van der Waals surface area (Å²) in [5, 5.41) is 7.01. The molecule has 0 radical (unpaired) electrons. The molecule has 0 aliphatic carbocycles. The van der Waals surface area contributed by atoms with E-state index in [0.717, 1.165) is 17.0 Å². The van der Waals surface area contributed by atoms with E-state index in [1.54, 1.807) is 0 Å². The van der Waals surface area contributed by atoms with Crippen molar-refractivity contribution in [3.05, 3.63) is 33.8 Å². The molecule has 1 fully saturated rings. The van der Waals surface area contributed by atoms with Crippen LogP contribution in [0, 0.1) is 6.92 Å². The van der Waals surface area contributed by atoms with Crippen molar-refractivity contribution in [1.29, 1.82) is 0 Å². The quantitative estimate of drug-likeness (QED) is 0.332. The maximum atomic E-state index is 4.79. The van der Waals surface area contributed by atoms with Gasteiger partial charge in [0.15, 0.2) is 5.96 Å². The summed E-state index contributed by atoms with van der Waals surface area (Å²) in [5.41, 5.74) is 2.55. The van der Waals surface area contributed by atoms with E-state index >= 15 is 0 Å². The third-order valence-electron chi connectivity index (χ3n) is 4.52. The predicted molar refractivity (Wildman–Crippen MR) is 122 cm³/mol. The first-order valence-electron chi connectivity index (χ1n) is 9.14.